The van der Waals surface area contributed by atoms with E-state index < -0.39 is 6.69 Å². The number of methoxy groups -OCH3 is 1. The molecule has 2 aromatic rings. The lowest BCUT2D eigenvalue weighted by molar-refractivity contribution is -0.846. The maximum absolute atomic E-state index is 12.6. The topological polar surface area (TPSA) is 88.1 Å². The maximum Gasteiger partial charge on any atom is 0.587 e. The second kappa shape index (κ2) is 12.0. The SMILES string of the molecule is COC(=O)c1ccc(Br)cc1.C[C@H]1CCCC1[B-]12OC(=O)C[N+]1([C@H]1CCC[C@@H]1OCc1ccccc1)CC(=O)O2. The van der Waals surface area contributed by atoms with Crippen LogP contribution in [0, 0.1) is 5.92 Å². The zero-order valence-corrected chi connectivity index (χ0v) is 24.7. The summed E-state index contributed by atoms with van der Waals surface area (Å²) in [6.45, 7) is 1.23. The van der Waals surface area contributed by atoms with Crippen molar-refractivity contribution in [1.29, 1.82) is 0 Å². The smallest absolute Gasteiger partial charge is 0.587 e. The van der Waals surface area contributed by atoms with Crippen molar-refractivity contribution in [3.8, 4) is 0 Å². The second-order valence-corrected chi connectivity index (χ2v) is 12.4. The van der Waals surface area contributed by atoms with E-state index >= 15 is 0 Å². The number of hydrogen-bond donors (Lipinski definition) is 0. The average Bonchev–Trinajstić information content (AvgIpc) is 3.70. The largest absolute Gasteiger partial charge is 0.600 e. The van der Waals surface area contributed by atoms with E-state index in [2.05, 4.69) is 39.7 Å². The Balaban J connectivity index is 0.000000248. The summed E-state index contributed by atoms with van der Waals surface area (Å²) in [6, 6.07) is 17.2. The first-order chi connectivity index (χ1) is 19.3. The quantitative estimate of drug-likeness (QED) is 0.317. The molecule has 0 amide bonds. The van der Waals surface area contributed by atoms with E-state index in [1.807, 2.05) is 18.2 Å². The lowest BCUT2D eigenvalue weighted by atomic mass is 9.51. The minimum Gasteiger partial charge on any atom is -0.600 e. The summed E-state index contributed by atoms with van der Waals surface area (Å²) in [4.78, 5) is 36.1. The molecule has 0 aromatic heterocycles. The number of esters is 1. The van der Waals surface area contributed by atoms with Crippen LogP contribution in [-0.2, 0) is 35.0 Å². The highest BCUT2D eigenvalue weighted by atomic mass is 79.9. The first kappa shape index (κ1) is 28.8. The number of fused-ring (bicyclic) bond motifs is 1. The van der Waals surface area contributed by atoms with Crippen LogP contribution in [0.2, 0.25) is 5.82 Å². The molecule has 6 rings (SSSR count). The fourth-order valence-corrected chi connectivity index (χ4v) is 7.77. The molecule has 2 aliphatic carbocycles. The zero-order valence-electron chi connectivity index (χ0n) is 23.1. The van der Waals surface area contributed by atoms with Crippen LogP contribution < -0.4 is 0 Å². The number of carbonyl (C=O) groups is 3. The summed E-state index contributed by atoms with van der Waals surface area (Å²) in [5.41, 5.74) is 1.71. The van der Waals surface area contributed by atoms with Crippen molar-refractivity contribution >= 4 is 40.5 Å². The molecule has 40 heavy (non-hydrogen) atoms. The van der Waals surface area contributed by atoms with Crippen LogP contribution in [0.25, 0.3) is 0 Å². The summed E-state index contributed by atoms with van der Waals surface area (Å²) >= 11 is 3.26. The molecule has 4 atom stereocenters. The van der Waals surface area contributed by atoms with Gasteiger partial charge in [-0.3, -0.25) is 9.59 Å². The van der Waals surface area contributed by atoms with E-state index in [-0.39, 0.29) is 49.0 Å². The lowest BCUT2D eigenvalue weighted by Crippen LogP contribution is -2.71. The van der Waals surface area contributed by atoms with Gasteiger partial charge in [-0.05, 0) is 54.9 Å². The van der Waals surface area contributed by atoms with Crippen molar-refractivity contribution in [3.63, 3.8) is 0 Å². The van der Waals surface area contributed by atoms with Crippen molar-refractivity contribution < 1.29 is 37.6 Å². The molecule has 0 N–H and O–H groups in total. The van der Waals surface area contributed by atoms with Crippen molar-refractivity contribution in [2.24, 2.45) is 5.92 Å². The Morgan fingerprint density at radius 1 is 0.950 bits per heavy atom. The van der Waals surface area contributed by atoms with Crippen LogP contribution in [0.5, 0.6) is 0 Å². The molecule has 10 heteroatoms. The third-order valence-corrected chi connectivity index (χ3v) is 9.81. The third-order valence-electron chi connectivity index (χ3n) is 9.28. The van der Waals surface area contributed by atoms with Gasteiger partial charge in [-0.1, -0.05) is 78.4 Å². The van der Waals surface area contributed by atoms with Gasteiger partial charge in [0.1, 0.15) is 19.2 Å². The van der Waals surface area contributed by atoms with Crippen LogP contribution in [-0.4, -0.2) is 61.3 Å². The molecule has 2 aliphatic heterocycles. The predicted molar refractivity (Wildman–Crippen MR) is 153 cm³/mol. The highest BCUT2D eigenvalue weighted by Gasteiger charge is 2.74. The minimum atomic E-state index is -2.01. The number of rotatable bonds is 6. The molecule has 8 nitrogen and oxygen atoms in total. The summed E-state index contributed by atoms with van der Waals surface area (Å²) < 4.78 is 24.3. The number of hydrogen-bond acceptors (Lipinski definition) is 7. The minimum absolute atomic E-state index is 0.0113. The first-order valence-corrected chi connectivity index (χ1v) is 15.0. The number of halogens is 1. The highest BCUT2D eigenvalue weighted by molar-refractivity contribution is 9.10. The van der Waals surface area contributed by atoms with Gasteiger partial charge >= 0.3 is 24.6 Å². The Labute approximate surface area is 244 Å². The zero-order chi connectivity index (χ0) is 28.3. The van der Waals surface area contributed by atoms with Crippen LogP contribution in [0.4, 0.5) is 0 Å². The van der Waals surface area contributed by atoms with Crippen LogP contribution in [0.15, 0.2) is 59.1 Å². The van der Waals surface area contributed by atoms with Crippen molar-refractivity contribution in [1.82, 2.24) is 0 Å². The van der Waals surface area contributed by atoms with Gasteiger partial charge in [0.2, 0.25) is 0 Å². The van der Waals surface area contributed by atoms with Crippen LogP contribution >= 0.6 is 15.9 Å². The van der Waals surface area contributed by atoms with Gasteiger partial charge in [0.25, 0.3) is 0 Å². The van der Waals surface area contributed by atoms with Crippen molar-refractivity contribution in [2.45, 2.75) is 70.0 Å². The Hall–Kier alpha value is -2.69. The van der Waals surface area contributed by atoms with Gasteiger partial charge in [0, 0.05) is 4.47 Å². The molecule has 2 saturated heterocycles. The number of carbonyl (C=O) groups excluding carboxylic acids is 3. The molecular formula is C30H37BBrNO7. The average molecular weight is 614 g/mol. The Morgan fingerprint density at radius 3 is 2.20 bits per heavy atom. The predicted octanol–water partition coefficient (Wildman–Crippen LogP) is 5.42. The number of ether oxygens (including phenoxy) is 2. The van der Waals surface area contributed by atoms with Crippen molar-refractivity contribution in [2.75, 3.05) is 20.2 Å². The number of nitrogens with zero attached hydrogens (tertiary/aromatic N) is 1. The first-order valence-electron chi connectivity index (χ1n) is 14.2. The van der Waals surface area contributed by atoms with E-state index in [1.54, 1.807) is 24.3 Å². The maximum atomic E-state index is 12.6. The molecule has 2 saturated carbocycles. The fraction of sp³-hybridized carbons (Fsp3) is 0.500. The molecule has 214 valence electrons. The summed E-state index contributed by atoms with van der Waals surface area (Å²) in [5, 5.41) is 0. The van der Waals surface area contributed by atoms with E-state index in [0.29, 0.717) is 22.5 Å². The van der Waals surface area contributed by atoms with Gasteiger partial charge in [-0.15, -0.1) is 0 Å². The Bertz CT molecular complexity index is 1200. The summed E-state index contributed by atoms with van der Waals surface area (Å²) in [6.07, 6.45) is 6.11. The molecule has 2 aromatic carbocycles. The van der Waals surface area contributed by atoms with E-state index in [1.165, 1.54) is 7.11 Å². The molecule has 0 spiro atoms. The highest BCUT2D eigenvalue weighted by Crippen LogP contribution is 2.55. The molecule has 2 heterocycles. The third kappa shape index (κ3) is 5.45. The second-order valence-electron chi connectivity index (χ2n) is 11.5. The monoisotopic (exact) mass is 613 g/mol. The van der Waals surface area contributed by atoms with Crippen molar-refractivity contribution in [3.05, 3.63) is 70.2 Å². The molecule has 4 fully saturated rings. The molecule has 0 radical (unpaired) electrons. The number of quaternary nitrogens is 1. The van der Waals surface area contributed by atoms with Gasteiger partial charge in [-0.25, -0.2) is 4.79 Å². The van der Waals surface area contributed by atoms with Crippen LogP contribution in [0.3, 0.4) is 0 Å². The fourth-order valence-electron chi connectivity index (χ4n) is 7.50. The van der Waals surface area contributed by atoms with Gasteiger partial charge in [-0.2, -0.15) is 0 Å². The summed E-state index contributed by atoms with van der Waals surface area (Å²) in [5.74, 6) is -0.217. The summed E-state index contributed by atoms with van der Waals surface area (Å²) in [7, 11) is 1.37. The lowest BCUT2D eigenvalue weighted by Gasteiger charge is -2.52. The van der Waals surface area contributed by atoms with E-state index in [9.17, 15) is 14.4 Å². The number of benzene rings is 2. The van der Waals surface area contributed by atoms with Gasteiger partial charge in [0.15, 0.2) is 0 Å². The Kier molecular flexibility index (Phi) is 8.68. The normalized spacial score (nSPS) is 32.6. The molecule has 4 aliphatic rings. The Morgan fingerprint density at radius 2 is 1.60 bits per heavy atom. The van der Waals surface area contributed by atoms with Gasteiger partial charge in [0.05, 0.1) is 25.3 Å². The standard InChI is InChI=1S/C22H30BNO5.C8H7BrO2/c1-16-7-5-10-18(16)23-24(13-21(25)28-23,14-22(26)29-23)19-11-6-12-20(19)27-15-17-8-3-2-4-9-17;1-11-8(10)6-2-4-7(9)5-3-6/h2-4,8-9,16,18-20H,5-7,10-15H2,1H3;2-5H,1H3/t16-,18?,19-,20-,23?,24?;/m0./s1. The molecular weight excluding hydrogens is 577 g/mol. The molecule has 1 unspecified atom stereocenters. The van der Waals surface area contributed by atoms with Crippen LogP contribution in [0.1, 0.15) is 61.4 Å². The van der Waals surface area contributed by atoms with E-state index in [0.717, 1.165) is 48.6 Å². The van der Waals surface area contributed by atoms with E-state index in [4.69, 9.17) is 14.0 Å². The molecule has 0 bridgehead atoms. The van der Waals surface area contributed by atoms with Gasteiger partial charge < -0.3 is 23.2 Å².